The third kappa shape index (κ3) is 5.81. The molecular formula is C29H40N2O3. The smallest absolute Gasteiger partial charge is 0.220 e. The molecule has 2 fully saturated rings. The Morgan fingerprint density at radius 1 is 1.15 bits per heavy atom. The van der Waals surface area contributed by atoms with Gasteiger partial charge >= 0.3 is 0 Å². The number of nitrogens with one attached hydrogen (secondary N) is 1. The summed E-state index contributed by atoms with van der Waals surface area (Å²) in [5.74, 6) is 0.793. The second-order valence-electron chi connectivity index (χ2n) is 10.3. The minimum atomic E-state index is -0.0994. The highest BCUT2D eigenvalue weighted by Crippen LogP contribution is 2.50. The summed E-state index contributed by atoms with van der Waals surface area (Å²) in [7, 11) is 3.97. The highest BCUT2D eigenvalue weighted by Gasteiger charge is 2.52. The van der Waals surface area contributed by atoms with Crippen LogP contribution in [0.15, 0.2) is 54.6 Å². The van der Waals surface area contributed by atoms with E-state index in [2.05, 4.69) is 47.6 Å². The van der Waals surface area contributed by atoms with Crippen LogP contribution in [0.2, 0.25) is 0 Å². The second kappa shape index (κ2) is 11.4. The van der Waals surface area contributed by atoms with Gasteiger partial charge in [0.1, 0.15) is 5.75 Å². The van der Waals surface area contributed by atoms with Crippen LogP contribution in [0.5, 0.6) is 5.75 Å². The van der Waals surface area contributed by atoms with Crippen molar-refractivity contribution in [2.24, 2.45) is 5.92 Å². The number of benzene rings is 2. The summed E-state index contributed by atoms with van der Waals surface area (Å²) in [6.45, 7) is 1.97. The van der Waals surface area contributed by atoms with Crippen LogP contribution in [0, 0.1) is 5.92 Å². The number of phenolic OH excluding ortho intramolecular Hbond substituents is 1. The lowest BCUT2D eigenvalue weighted by Crippen LogP contribution is -2.60. The van der Waals surface area contributed by atoms with Crippen molar-refractivity contribution in [2.45, 2.75) is 68.9 Å². The molecule has 0 bridgehead atoms. The lowest BCUT2D eigenvalue weighted by molar-refractivity contribution is -0.124. The summed E-state index contributed by atoms with van der Waals surface area (Å²) in [6.07, 6.45) is 7.57. The van der Waals surface area contributed by atoms with Crippen LogP contribution in [-0.2, 0) is 21.4 Å². The standard InChI is InChI=1S/C29H40N2O3/c1-31-17-16-29(23-13-9-14-25(32)18-23)20-24(19-27(34-2)26(29)21-31)30-28(33)15-8-4-7-12-22-10-5-3-6-11-22/h3,5-6,9-11,13-14,18,24,26-27,32H,4,7-8,12,15-17,19-21H2,1-2H3,(H,30,33). The molecule has 2 aromatic carbocycles. The molecule has 0 radical (unpaired) electrons. The number of aromatic hydroxyl groups is 1. The number of methoxy groups -OCH3 is 1. The van der Waals surface area contributed by atoms with E-state index in [0.29, 0.717) is 18.1 Å². The number of nitrogens with zero attached hydrogens (tertiary/aromatic N) is 1. The molecule has 184 valence electrons. The predicted octanol–water partition coefficient (Wildman–Crippen LogP) is 4.68. The number of ether oxygens (including phenoxy) is 1. The fourth-order valence-corrected chi connectivity index (χ4v) is 6.27. The topological polar surface area (TPSA) is 61.8 Å². The summed E-state index contributed by atoms with van der Waals surface area (Å²) in [5.41, 5.74) is 2.44. The largest absolute Gasteiger partial charge is 0.508 e. The van der Waals surface area contributed by atoms with Gasteiger partial charge < -0.3 is 20.1 Å². The van der Waals surface area contributed by atoms with E-state index in [1.807, 2.05) is 18.2 Å². The molecule has 5 heteroatoms. The number of aryl methyl sites for hydroxylation is 1. The molecule has 4 atom stereocenters. The number of carbonyl (C=O) groups excluding carboxylic acids is 1. The van der Waals surface area contributed by atoms with Crippen molar-refractivity contribution in [3.63, 3.8) is 0 Å². The summed E-state index contributed by atoms with van der Waals surface area (Å²) < 4.78 is 6.01. The Labute approximate surface area is 204 Å². The summed E-state index contributed by atoms with van der Waals surface area (Å²) in [6, 6.07) is 18.4. The number of fused-ring (bicyclic) bond motifs is 1. The number of rotatable bonds is 9. The van der Waals surface area contributed by atoms with E-state index in [0.717, 1.165) is 58.0 Å². The summed E-state index contributed by atoms with van der Waals surface area (Å²) in [5, 5.41) is 13.6. The molecule has 2 N–H and O–H groups in total. The number of phenols is 1. The molecule has 1 heterocycles. The zero-order valence-electron chi connectivity index (χ0n) is 20.7. The van der Waals surface area contributed by atoms with E-state index < -0.39 is 0 Å². The van der Waals surface area contributed by atoms with E-state index in [9.17, 15) is 9.90 Å². The van der Waals surface area contributed by atoms with Crippen molar-refractivity contribution < 1.29 is 14.6 Å². The number of piperidine rings is 1. The molecule has 34 heavy (non-hydrogen) atoms. The van der Waals surface area contributed by atoms with Gasteiger partial charge in [-0.05, 0) is 75.4 Å². The molecule has 0 spiro atoms. The van der Waals surface area contributed by atoms with Gasteiger partial charge in [-0.1, -0.05) is 48.9 Å². The Bertz CT molecular complexity index is 934. The second-order valence-corrected chi connectivity index (χ2v) is 10.3. The average Bonchev–Trinajstić information content (AvgIpc) is 2.84. The lowest BCUT2D eigenvalue weighted by atomic mass is 9.57. The maximum Gasteiger partial charge on any atom is 0.220 e. The fourth-order valence-electron chi connectivity index (χ4n) is 6.27. The molecule has 5 nitrogen and oxygen atoms in total. The number of unbranched alkanes of at least 4 members (excludes halogenated alkanes) is 2. The number of carbonyl (C=O) groups is 1. The molecule has 1 aliphatic carbocycles. The molecule has 2 aromatic rings. The molecule has 0 aromatic heterocycles. The minimum Gasteiger partial charge on any atom is -0.508 e. The predicted molar refractivity (Wildman–Crippen MR) is 136 cm³/mol. The lowest BCUT2D eigenvalue weighted by Gasteiger charge is -2.55. The summed E-state index contributed by atoms with van der Waals surface area (Å²) in [4.78, 5) is 15.2. The molecule has 1 amide bonds. The van der Waals surface area contributed by atoms with Gasteiger partial charge in [0.15, 0.2) is 0 Å². The van der Waals surface area contributed by atoms with E-state index in [1.54, 1.807) is 13.2 Å². The molecule has 1 saturated heterocycles. The SMILES string of the molecule is COC1CC(NC(=O)CCCCCc2ccccc2)CC2(c3cccc(O)c3)CCN(C)CC12. The normalized spacial score (nSPS) is 27.2. The van der Waals surface area contributed by atoms with Crippen LogP contribution in [0.1, 0.15) is 56.1 Å². The third-order valence-electron chi connectivity index (χ3n) is 8.04. The van der Waals surface area contributed by atoms with Crippen LogP contribution >= 0.6 is 0 Å². The zero-order valence-corrected chi connectivity index (χ0v) is 20.7. The van der Waals surface area contributed by atoms with Gasteiger partial charge in [-0.15, -0.1) is 0 Å². The van der Waals surface area contributed by atoms with Gasteiger partial charge in [0.05, 0.1) is 6.10 Å². The Hall–Kier alpha value is -2.37. The molecule has 4 rings (SSSR count). The Morgan fingerprint density at radius 2 is 1.97 bits per heavy atom. The molecule has 1 saturated carbocycles. The zero-order chi connectivity index (χ0) is 24.0. The molecular weight excluding hydrogens is 424 g/mol. The van der Waals surface area contributed by atoms with Gasteiger partial charge in [-0.25, -0.2) is 0 Å². The van der Waals surface area contributed by atoms with Crippen molar-refractivity contribution >= 4 is 5.91 Å². The van der Waals surface area contributed by atoms with Crippen LogP contribution in [0.25, 0.3) is 0 Å². The number of amides is 1. The first-order valence-corrected chi connectivity index (χ1v) is 12.8. The van der Waals surface area contributed by atoms with Gasteiger partial charge in [0.25, 0.3) is 0 Å². The molecule has 2 aliphatic rings. The van der Waals surface area contributed by atoms with Crippen LogP contribution < -0.4 is 5.32 Å². The van der Waals surface area contributed by atoms with E-state index >= 15 is 0 Å². The number of hydrogen-bond acceptors (Lipinski definition) is 4. The quantitative estimate of drug-likeness (QED) is 0.529. The molecule has 4 unspecified atom stereocenters. The number of hydrogen-bond donors (Lipinski definition) is 2. The Kier molecular flexibility index (Phi) is 8.28. The highest BCUT2D eigenvalue weighted by atomic mass is 16.5. The monoisotopic (exact) mass is 464 g/mol. The highest BCUT2D eigenvalue weighted by molar-refractivity contribution is 5.76. The van der Waals surface area contributed by atoms with E-state index in [4.69, 9.17) is 4.74 Å². The van der Waals surface area contributed by atoms with Crippen molar-refractivity contribution in [1.29, 1.82) is 0 Å². The third-order valence-corrected chi connectivity index (χ3v) is 8.04. The van der Waals surface area contributed by atoms with Crippen LogP contribution in [-0.4, -0.2) is 55.3 Å². The maximum atomic E-state index is 12.8. The van der Waals surface area contributed by atoms with Crippen LogP contribution in [0.4, 0.5) is 0 Å². The minimum absolute atomic E-state index is 0.0787. The van der Waals surface area contributed by atoms with E-state index in [-0.39, 0.29) is 23.5 Å². The number of likely N-dealkylation sites (tertiary alicyclic amines) is 1. The maximum absolute atomic E-state index is 12.8. The first kappa shape index (κ1) is 24.7. The Balaban J connectivity index is 1.37. The van der Waals surface area contributed by atoms with Gasteiger partial charge in [-0.2, -0.15) is 0 Å². The first-order valence-electron chi connectivity index (χ1n) is 12.8. The Morgan fingerprint density at radius 3 is 2.74 bits per heavy atom. The van der Waals surface area contributed by atoms with Crippen molar-refractivity contribution in [1.82, 2.24) is 10.2 Å². The molecule has 1 aliphatic heterocycles. The van der Waals surface area contributed by atoms with Gasteiger partial charge in [0, 0.05) is 37.5 Å². The van der Waals surface area contributed by atoms with E-state index in [1.165, 1.54) is 11.1 Å². The fraction of sp³-hybridized carbons (Fsp3) is 0.552. The van der Waals surface area contributed by atoms with Crippen LogP contribution in [0.3, 0.4) is 0 Å². The van der Waals surface area contributed by atoms with Crippen molar-refractivity contribution in [2.75, 3.05) is 27.2 Å². The first-order chi connectivity index (χ1) is 16.5. The van der Waals surface area contributed by atoms with Gasteiger partial charge in [-0.3, -0.25) is 4.79 Å². The summed E-state index contributed by atoms with van der Waals surface area (Å²) >= 11 is 0. The average molecular weight is 465 g/mol. The van der Waals surface area contributed by atoms with Gasteiger partial charge in [0.2, 0.25) is 5.91 Å². The van der Waals surface area contributed by atoms with Crippen molar-refractivity contribution in [3.05, 3.63) is 65.7 Å². The van der Waals surface area contributed by atoms with Crippen molar-refractivity contribution in [3.8, 4) is 5.75 Å².